The first kappa shape index (κ1) is 16.4. The fourth-order valence-electron chi connectivity index (χ4n) is 3.42. The zero-order chi connectivity index (χ0) is 15.4. The van der Waals surface area contributed by atoms with E-state index in [1.54, 1.807) is 0 Å². The summed E-state index contributed by atoms with van der Waals surface area (Å²) in [7, 11) is 0. The van der Waals surface area contributed by atoms with Crippen LogP contribution in [0.2, 0.25) is 0 Å². The fourth-order valence-corrected chi connectivity index (χ4v) is 3.42. The highest BCUT2D eigenvalue weighted by molar-refractivity contribution is 5.39. The number of aryl methyl sites for hydroxylation is 1. The lowest BCUT2D eigenvalue weighted by molar-refractivity contribution is 0.0980. The molecule has 1 fully saturated rings. The van der Waals surface area contributed by atoms with Gasteiger partial charge in [0.25, 0.3) is 0 Å². The summed E-state index contributed by atoms with van der Waals surface area (Å²) in [6, 6.07) is 6.72. The monoisotopic (exact) mass is 289 g/mol. The molecule has 3 unspecified atom stereocenters. The molecule has 0 amide bonds. The molecule has 0 spiro atoms. The highest BCUT2D eigenvalue weighted by Gasteiger charge is 2.29. The SMILES string of the molecule is CCCC1CCC(N)C(Oc2cc(C)ccc2C(C)C)C1. The smallest absolute Gasteiger partial charge is 0.123 e. The number of hydrogen-bond acceptors (Lipinski definition) is 2. The summed E-state index contributed by atoms with van der Waals surface area (Å²) < 4.78 is 6.39. The average molecular weight is 289 g/mol. The second kappa shape index (κ2) is 7.31. The lowest BCUT2D eigenvalue weighted by atomic mass is 9.82. The molecule has 0 aliphatic heterocycles. The second-order valence-electron chi connectivity index (χ2n) is 6.98. The Labute approximate surface area is 130 Å². The fraction of sp³-hybridized carbons (Fsp3) is 0.684. The number of nitrogens with two attached hydrogens (primary N) is 1. The molecular formula is C19H31NO. The minimum absolute atomic E-state index is 0.176. The van der Waals surface area contributed by atoms with E-state index in [0.29, 0.717) is 5.92 Å². The number of ether oxygens (including phenoxy) is 1. The molecule has 0 heterocycles. The van der Waals surface area contributed by atoms with Gasteiger partial charge in [0.1, 0.15) is 11.9 Å². The third-order valence-electron chi connectivity index (χ3n) is 4.72. The number of benzene rings is 1. The minimum atomic E-state index is 0.176. The van der Waals surface area contributed by atoms with Crippen molar-refractivity contribution in [2.45, 2.75) is 77.9 Å². The molecule has 1 saturated carbocycles. The van der Waals surface area contributed by atoms with E-state index in [-0.39, 0.29) is 12.1 Å². The Morgan fingerprint density at radius 1 is 1.29 bits per heavy atom. The Balaban J connectivity index is 2.14. The van der Waals surface area contributed by atoms with Gasteiger partial charge in [0.2, 0.25) is 0 Å². The van der Waals surface area contributed by atoms with Crippen LogP contribution in [0.25, 0.3) is 0 Å². The highest BCUT2D eigenvalue weighted by atomic mass is 16.5. The van der Waals surface area contributed by atoms with Gasteiger partial charge in [-0.05, 0) is 55.2 Å². The van der Waals surface area contributed by atoms with Crippen molar-refractivity contribution in [2.75, 3.05) is 0 Å². The van der Waals surface area contributed by atoms with Crippen LogP contribution in [0.3, 0.4) is 0 Å². The first-order valence-electron chi connectivity index (χ1n) is 8.54. The molecular weight excluding hydrogens is 258 g/mol. The lowest BCUT2D eigenvalue weighted by Crippen LogP contribution is -2.44. The first-order valence-corrected chi connectivity index (χ1v) is 8.54. The molecule has 0 aromatic heterocycles. The van der Waals surface area contributed by atoms with E-state index in [1.807, 2.05) is 0 Å². The van der Waals surface area contributed by atoms with Crippen molar-refractivity contribution in [1.82, 2.24) is 0 Å². The first-order chi connectivity index (χ1) is 10.0. The van der Waals surface area contributed by atoms with Crippen molar-refractivity contribution in [3.8, 4) is 5.75 Å². The molecule has 2 nitrogen and oxygen atoms in total. The van der Waals surface area contributed by atoms with Crippen molar-refractivity contribution in [2.24, 2.45) is 11.7 Å². The predicted molar refractivity (Wildman–Crippen MR) is 89.9 cm³/mol. The Morgan fingerprint density at radius 2 is 2.05 bits per heavy atom. The molecule has 21 heavy (non-hydrogen) atoms. The van der Waals surface area contributed by atoms with Crippen molar-refractivity contribution in [1.29, 1.82) is 0 Å². The molecule has 3 atom stereocenters. The number of hydrogen-bond donors (Lipinski definition) is 1. The van der Waals surface area contributed by atoms with E-state index >= 15 is 0 Å². The van der Waals surface area contributed by atoms with E-state index in [1.165, 1.54) is 30.4 Å². The predicted octanol–water partition coefficient (Wildman–Crippen LogP) is 4.79. The summed E-state index contributed by atoms with van der Waals surface area (Å²) in [4.78, 5) is 0. The highest BCUT2D eigenvalue weighted by Crippen LogP contribution is 2.33. The molecule has 0 bridgehead atoms. The molecule has 1 aromatic carbocycles. The lowest BCUT2D eigenvalue weighted by Gasteiger charge is -2.35. The zero-order valence-corrected chi connectivity index (χ0v) is 14.1. The second-order valence-corrected chi connectivity index (χ2v) is 6.98. The molecule has 118 valence electrons. The van der Waals surface area contributed by atoms with Crippen LogP contribution in [0.15, 0.2) is 18.2 Å². The van der Waals surface area contributed by atoms with Gasteiger partial charge in [-0.15, -0.1) is 0 Å². The van der Waals surface area contributed by atoms with Crippen molar-refractivity contribution >= 4 is 0 Å². The minimum Gasteiger partial charge on any atom is -0.489 e. The Hall–Kier alpha value is -1.02. The molecule has 2 heteroatoms. The summed E-state index contributed by atoms with van der Waals surface area (Å²) in [6.07, 6.45) is 6.21. The number of rotatable bonds is 5. The molecule has 0 saturated heterocycles. The van der Waals surface area contributed by atoms with Gasteiger partial charge in [0.05, 0.1) is 0 Å². The van der Waals surface area contributed by atoms with Gasteiger partial charge in [0.15, 0.2) is 0 Å². The zero-order valence-electron chi connectivity index (χ0n) is 14.1. The van der Waals surface area contributed by atoms with Crippen LogP contribution in [-0.2, 0) is 0 Å². The van der Waals surface area contributed by atoms with Gasteiger partial charge >= 0.3 is 0 Å². The maximum atomic E-state index is 6.39. The van der Waals surface area contributed by atoms with Gasteiger partial charge in [-0.3, -0.25) is 0 Å². The van der Waals surface area contributed by atoms with Crippen LogP contribution in [0, 0.1) is 12.8 Å². The maximum Gasteiger partial charge on any atom is 0.123 e. The molecule has 1 aromatic rings. The third-order valence-corrected chi connectivity index (χ3v) is 4.72. The van der Waals surface area contributed by atoms with Gasteiger partial charge in [-0.2, -0.15) is 0 Å². The van der Waals surface area contributed by atoms with Crippen LogP contribution >= 0.6 is 0 Å². The van der Waals surface area contributed by atoms with Crippen LogP contribution in [0.4, 0.5) is 0 Å². The average Bonchev–Trinajstić information content (AvgIpc) is 2.42. The summed E-state index contributed by atoms with van der Waals surface area (Å²) in [5.74, 6) is 2.31. The van der Waals surface area contributed by atoms with Crippen molar-refractivity contribution < 1.29 is 4.74 Å². The molecule has 1 aliphatic rings. The Morgan fingerprint density at radius 3 is 2.71 bits per heavy atom. The van der Waals surface area contributed by atoms with E-state index in [0.717, 1.165) is 24.5 Å². The molecule has 1 aliphatic carbocycles. The van der Waals surface area contributed by atoms with Crippen LogP contribution in [0.5, 0.6) is 5.75 Å². The Kier molecular flexibility index (Phi) is 5.69. The topological polar surface area (TPSA) is 35.2 Å². The third kappa shape index (κ3) is 4.23. The van der Waals surface area contributed by atoms with E-state index in [4.69, 9.17) is 10.5 Å². The Bertz CT molecular complexity index is 455. The van der Waals surface area contributed by atoms with Gasteiger partial charge in [-0.25, -0.2) is 0 Å². The van der Waals surface area contributed by atoms with Crippen LogP contribution in [-0.4, -0.2) is 12.1 Å². The summed E-state index contributed by atoms with van der Waals surface area (Å²) >= 11 is 0. The van der Waals surface area contributed by atoms with Gasteiger partial charge < -0.3 is 10.5 Å². The molecule has 0 radical (unpaired) electrons. The van der Waals surface area contributed by atoms with Crippen molar-refractivity contribution in [3.05, 3.63) is 29.3 Å². The standard InChI is InChI=1S/C19H31NO/c1-5-6-15-8-10-17(20)19(12-15)21-18-11-14(4)7-9-16(18)13(2)3/h7,9,11,13,15,17,19H,5-6,8,10,12,20H2,1-4H3. The quantitative estimate of drug-likeness (QED) is 0.845. The van der Waals surface area contributed by atoms with E-state index < -0.39 is 0 Å². The summed E-state index contributed by atoms with van der Waals surface area (Å²) in [5, 5.41) is 0. The largest absolute Gasteiger partial charge is 0.489 e. The van der Waals surface area contributed by atoms with Gasteiger partial charge in [0, 0.05) is 6.04 Å². The normalized spacial score (nSPS) is 26.1. The summed E-state index contributed by atoms with van der Waals surface area (Å²) in [5.41, 5.74) is 8.87. The van der Waals surface area contributed by atoms with Gasteiger partial charge in [-0.1, -0.05) is 45.7 Å². The molecule has 2 N–H and O–H groups in total. The van der Waals surface area contributed by atoms with E-state index in [9.17, 15) is 0 Å². The maximum absolute atomic E-state index is 6.39. The van der Waals surface area contributed by atoms with Crippen molar-refractivity contribution in [3.63, 3.8) is 0 Å². The van der Waals surface area contributed by atoms with E-state index in [2.05, 4.69) is 45.9 Å². The summed E-state index contributed by atoms with van der Waals surface area (Å²) in [6.45, 7) is 8.83. The van der Waals surface area contributed by atoms with Crippen LogP contribution < -0.4 is 10.5 Å². The molecule has 2 rings (SSSR count). The van der Waals surface area contributed by atoms with Crippen LogP contribution in [0.1, 0.15) is 69.9 Å².